The molecule has 1 N–H and O–H groups in total. The standard InChI is InChI=1S/C6H10F3NO4S/c1-15(12,13)14-4-2-3-10-5(11)6(7,8)9/h2-4H2,1H3,(H,10,11). The average Bonchev–Trinajstić information content (AvgIpc) is 1.99. The first-order chi connectivity index (χ1) is 6.63. The lowest BCUT2D eigenvalue weighted by molar-refractivity contribution is -0.173. The fraction of sp³-hybridized carbons (Fsp3) is 0.833. The van der Waals surface area contributed by atoms with Crippen LogP contribution in [0.1, 0.15) is 6.42 Å². The maximum atomic E-state index is 11.6. The largest absolute Gasteiger partial charge is 0.471 e. The van der Waals surface area contributed by atoms with Crippen molar-refractivity contribution >= 4 is 16.0 Å². The molecule has 0 aromatic heterocycles. The van der Waals surface area contributed by atoms with Crippen molar-refractivity contribution in [2.24, 2.45) is 0 Å². The zero-order valence-electron chi connectivity index (χ0n) is 7.80. The molecule has 0 saturated heterocycles. The molecular weight excluding hydrogens is 239 g/mol. The van der Waals surface area contributed by atoms with Crippen LogP contribution < -0.4 is 5.32 Å². The van der Waals surface area contributed by atoms with Gasteiger partial charge in [-0.25, -0.2) is 0 Å². The summed E-state index contributed by atoms with van der Waals surface area (Å²) in [5.74, 6) is -2.05. The summed E-state index contributed by atoms with van der Waals surface area (Å²) in [4.78, 5) is 10.2. The van der Waals surface area contributed by atoms with Crippen LogP contribution in [0.2, 0.25) is 0 Å². The van der Waals surface area contributed by atoms with E-state index in [0.717, 1.165) is 6.26 Å². The molecule has 0 heterocycles. The van der Waals surface area contributed by atoms with Crippen LogP contribution in [-0.4, -0.2) is 39.9 Å². The van der Waals surface area contributed by atoms with Crippen molar-refractivity contribution in [1.82, 2.24) is 5.32 Å². The molecule has 0 saturated carbocycles. The zero-order chi connectivity index (χ0) is 12.1. The summed E-state index contributed by atoms with van der Waals surface area (Å²) in [5, 5.41) is 1.57. The van der Waals surface area contributed by atoms with Crippen molar-refractivity contribution < 1.29 is 30.6 Å². The fourth-order valence-electron chi connectivity index (χ4n) is 0.585. The third-order valence-electron chi connectivity index (χ3n) is 1.16. The van der Waals surface area contributed by atoms with Gasteiger partial charge in [0.2, 0.25) is 0 Å². The first-order valence-electron chi connectivity index (χ1n) is 3.82. The van der Waals surface area contributed by atoms with Crippen molar-refractivity contribution in [2.75, 3.05) is 19.4 Å². The highest BCUT2D eigenvalue weighted by Gasteiger charge is 2.38. The van der Waals surface area contributed by atoms with E-state index in [1.807, 2.05) is 0 Å². The Labute approximate surface area is 84.7 Å². The van der Waals surface area contributed by atoms with Crippen LogP contribution in [0.15, 0.2) is 0 Å². The third kappa shape index (κ3) is 8.18. The molecule has 15 heavy (non-hydrogen) atoms. The van der Waals surface area contributed by atoms with E-state index in [1.165, 1.54) is 0 Å². The molecule has 9 heteroatoms. The number of hydrogen-bond acceptors (Lipinski definition) is 4. The van der Waals surface area contributed by atoms with E-state index in [0.29, 0.717) is 0 Å². The molecule has 0 aromatic rings. The van der Waals surface area contributed by atoms with Gasteiger partial charge in [-0.1, -0.05) is 0 Å². The maximum absolute atomic E-state index is 11.6. The summed E-state index contributed by atoms with van der Waals surface area (Å²) in [7, 11) is -3.59. The molecular formula is C6H10F3NO4S. The second-order valence-corrected chi connectivity index (χ2v) is 4.28. The lowest BCUT2D eigenvalue weighted by Gasteiger charge is -2.07. The van der Waals surface area contributed by atoms with Gasteiger partial charge in [0, 0.05) is 6.54 Å². The van der Waals surface area contributed by atoms with Crippen molar-refractivity contribution in [2.45, 2.75) is 12.6 Å². The summed E-state index contributed by atoms with van der Waals surface area (Å²) in [6.07, 6.45) is -4.12. The fourth-order valence-corrected chi connectivity index (χ4v) is 1.01. The van der Waals surface area contributed by atoms with Gasteiger partial charge in [0.05, 0.1) is 12.9 Å². The summed E-state index contributed by atoms with van der Waals surface area (Å²) in [5.41, 5.74) is 0. The topological polar surface area (TPSA) is 72.5 Å². The van der Waals surface area contributed by atoms with E-state index in [2.05, 4.69) is 4.18 Å². The lowest BCUT2D eigenvalue weighted by atomic mass is 10.4. The first kappa shape index (κ1) is 14.2. The van der Waals surface area contributed by atoms with Gasteiger partial charge in [0.1, 0.15) is 0 Å². The molecule has 0 spiro atoms. The van der Waals surface area contributed by atoms with Crippen LogP contribution in [0, 0.1) is 0 Å². The van der Waals surface area contributed by atoms with E-state index in [1.54, 1.807) is 5.32 Å². The van der Waals surface area contributed by atoms with E-state index >= 15 is 0 Å². The summed E-state index contributed by atoms with van der Waals surface area (Å²) < 4.78 is 59.9. The van der Waals surface area contributed by atoms with Gasteiger partial charge in [0.25, 0.3) is 10.1 Å². The zero-order valence-corrected chi connectivity index (χ0v) is 8.61. The van der Waals surface area contributed by atoms with Crippen LogP contribution in [0.3, 0.4) is 0 Å². The Bertz CT molecular complexity index is 311. The SMILES string of the molecule is CS(=O)(=O)OCCCNC(=O)C(F)(F)F. The highest BCUT2D eigenvalue weighted by Crippen LogP contribution is 2.13. The molecule has 0 unspecified atom stereocenters. The van der Waals surface area contributed by atoms with E-state index < -0.39 is 22.2 Å². The van der Waals surface area contributed by atoms with Crippen molar-refractivity contribution in [3.63, 3.8) is 0 Å². The van der Waals surface area contributed by atoms with Crippen molar-refractivity contribution in [3.05, 3.63) is 0 Å². The molecule has 0 aliphatic carbocycles. The minimum absolute atomic E-state index is 0.0190. The van der Waals surface area contributed by atoms with Gasteiger partial charge in [-0.3, -0.25) is 8.98 Å². The van der Waals surface area contributed by atoms with Crippen LogP contribution in [-0.2, 0) is 19.1 Å². The highest BCUT2D eigenvalue weighted by molar-refractivity contribution is 7.85. The summed E-state index contributed by atoms with van der Waals surface area (Å²) in [6.45, 7) is -0.565. The normalized spacial score (nSPS) is 12.5. The Morgan fingerprint density at radius 1 is 1.40 bits per heavy atom. The molecule has 0 bridgehead atoms. The Hall–Kier alpha value is -0.830. The van der Waals surface area contributed by atoms with Gasteiger partial charge in [0.15, 0.2) is 0 Å². The van der Waals surface area contributed by atoms with E-state index in [9.17, 15) is 26.4 Å². The van der Waals surface area contributed by atoms with Crippen molar-refractivity contribution in [3.8, 4) is 0 Å². The number of hydrogen-bond donors (Lipinski definition) is 1. The number of rotatable bonds is 5. The molecule has 0 fully saturated rings. The number of nitrogens with one attached hydrogen (secondary N) is 1. The predicted molar refractivity (Wildman–Crippen MR) is 44.5 cm³/mol. The second-order valence-electron chi connectivity index (χ2n) is 2.63. The Kier molecular flexibility index (Phi) is 5.01. The van der Waals surface area contributed by atoms with Crippen LogP contribution >= 0.6 is 0 Å². The Morgan fingerprint density at radius 3 is 2.33 bits per heavy atom. The minimum atomic E-state index is -4.92. The maximum Gasteiger partial charge on any atom is 0.471 e. The molecule has 90 valence electrons. The second kappa shape index (κ2) is 5.31. The first-order valence-corrected chi connectivity index (χ1v) is 5.64. The molecule has 0 aliphatic rings. The van der Waals surface area contributed by atoms with Gasteiger partial charge in [-0.2, -0.15) is 21.6 Å². The van der Waals surface area contributed by atoms with Gasteiger partial charge >= 0.3 is 12.1 Å². The average molecular weight is 249 g/mol. The number of amides is 1. The number of alkyl halides is 3. The quantitative estimate of drug-likeness (QED) is 0.551. The lowest BCUT2D eigenvalue weighted by Crippen LogP contribution is -2.37. The number of carbonyl (C=O) groups excluding carboxylic acids is 1. The molecule has 0 aliphatic heterocycles. The number of halogens is 3. The monoisotopic (exact) mass is 249 g/mol. The number of carbonyl (C=O) groups is 1. The van der Waals surface area contributed by atoms with Crippen LogP contribution in [0.25, 0.3) is 0 Å². The summed E-state index contributed by atoms with van der Waals surface area (Å²) in [6, 6.07) is 0. The molecule has 0 radical (unpaired) electrons. The summed E-state index contributed by atoms with van der Waals surface area (Å²) >= 11 is 0. The minimum Gasteiger partial charge on any atom is -0.348 e. The highest BCUT2D eigenvalue weighted by atomic mass is 32.2. The molecule has 0 rings (SSSR count). The van der Waals surface area contributed by atoms with Gasteiger partial charge < -0.3 is 5.32 Å². The van der Waals surface area contributed by atoms with E-state index in [4.69, 9.17) is 0 Å². The Balaban J connectivity index is 3.61. The van der Waals surface area contributed by atoms with Crippen molar-refractivity contribution in [1.29, 1.82) is 0 Å². The van der Waals surface area contributed by atoms with E-state index in [-0.39, 0.29) is 19.6 Å². The van der Waals surface area contributed by atoms with Crippen LogP contribution in [0.4, 0.5) is 13.2 Å². The van der Waals surface area contributed by atoms with Gasteiger partial charge in [-0.05, 0) is 6.42 Å². The smallest absolute Gasteiger partial charge is 0.348 e. The molecule has 5 nitrogen and oxygen atoms in total. The molecule has 1 amide bonds. The molecule has 0 aromatic carbocycles. The third-order valence-corrected chi connectivity index (χ3v) is 1.76. The molecule has 0 atom stereocenters. The van der Waals surface area contributed by atoms with Crippen LogP contribution in [0.5, 0.6) is 0 Å². The Morgan fingerprint density at radius 2 is 1.93 bits per heavy atom. The van der Waals surface area contributed by atoms with Gasteiger partial charge in [-0.15, -0.1) is 0 Å². The predicted octanol–water partition coefficient (Wildman–Crippen LogP) is 0.0312.